The minimum absolute atomic E-state index is 0.0164. The van der Waals surface area contributed by atoms with Crippen molar-refractivity contribution in [1.29, 1.82) is 0 Å². The third-order valence-electron chi connectivity index (χ3n) is 3.20. The zero-order valence-corrected chi connectivity index (χ0v) is 12.1. The Morgan fingerprint density at radius 3 is 2.45 bits per heavy atom. The van der Waals surface area contributed by atoms with Crippen LogP contribution in [0.25, 0.3) is 0 Å². The minimum Gasteiger partial charge on any atom is -0.478 e. The Labute approximate surface area is 126 Å². The van der Waals surface area contributed by atoms with Crippen LogP contribution in [-0.4, -0.2) is 30.1 Å². The van der Waals surface area contributed by atoms with Gasteiger partial charge >= 0.3 is 5.97 Å². The van der Waals surface area contributed by atoms with Crippen molar-refractivity contribution in [3.8, 4) is 0 Å². The average molecular weight is 317 g/mol. The van der Waals surface area contributed by atoms with Gasteiger partial charge in [0.2, 0.25) is 5.91 Å². The van der Waals surface area contributed by atoms with Crippen LogP contribution in [0.2, 0.25) is 10.0 Å². The van der Waals surface area contributed by atoms with Crippen LogP contribution in [0.5, 0.6) is 0 Å². The molecule has 1 aromatic rings. The lowest BCUT2D eigenvalue weighted by Gasteiger charge is -2.22. The summed E-state index contributed by atoms with van der Waals surface area (Å²) in [5.41, 5.74) is 0.242. The molecule has 1 aliphatic heterocycles. The highest BCUT2D eigenvalue weighted by molar-refractivity contribution is 6.40. The van der Waals surface area contributed by atoms with E-state index in [1.165, 1.54) is 12.1 Å². The summed E-state index contributed by atoms with van der Waals surface area (Å²) >= 11 is 12.0. The largest absolute Gasteiger partial charge is 0.478 e. The van der Waals surface area contributed by atoms with Gasteiger partial charge in [-0.2, -0.15) is 0 Å². The number of carbonyl (C=O) groups excluding carboxylic acids is 1. The van der Waals surface area contributed by atoms with E-state index < -0.39 is 5.97 Å². The highest BCUT2D eigenvalue weighted by atomic mass is 35.5. The van der Waals surface area contributed by atoms with Crippen LogP contribution in [0, 0.1) is 5.92 Å². The van der Waals surface area contributed by atoms with Gasteiger partial charge in [-0.15, -0.1) is 0 Å². The first kappa shape index (κ1) is 15.1. The summed E-state index contributed by atoms with van der Waals surface area (Å²) in [5, 5.41) is 15.0. The van der Waals surface area contributed by atoms with Crippen molar-refractivity contribution in [1.82, 2.24) is 5.32 Å². The molecule has 108 valence electrons. The fourth-order valence-corrected chi connectivity index (χ4v) is 2.70. The number of anilines is 1. The molecule has 1 unspecified atom stereocenters. The van der Waals surface area contributed by atoms with Crippen LogP contribution in [0.1, 0.15) is 23.2 Å². The first-order valence-corrected chi connectivity index (χ1v) is 6.98. The van der Waals surface area contributed by atoms with Crippen molar-refractivity contribution >= 4 is 40.8 Å². The van der Waals surface area contributed by atoms with Gasteiger partial charge in [-0.1, -0.05) is 23.2 Å². The second-order valence-electron chi connectivity index (χ2n) is 4.65. The lowest BCUT2D eigenvalue weighted by Crippen LogP contribution is -2.37. The summed E-state index contributed by atoms with van der Waals surface area (Å²) < 4.78 is 0. The molecule has 5 nitrogen and oxygen atoms in total. The summed E-state index contributed by atoms with van der Waals surface area (Å²) in [4.78, 5) is 23.0. The number of benzene rings is 1. The van der Waals surface area contributed by atoms with Gasteiger partial charge in [0.05, 0.1) is 27.2 Å². The number of carboxylic acid groups (broad SMARTS) is 1. The van der Waals surface area contributed by atoms with E-state index in [2.05, 4.69) is 10.6 Å². The molecule has 1 aliphatic rings. The van der Waals surface area contributed by atoms with E-state index in [1.54, 1.807) is 0 Å². The molecule has 0 bridgehead atoms. The quantitative estimate of drug-likeness (QED) is 0.801. The molecule has 1 aromatic carbocycles. The first-order valence-electron chi connectivity index (χ1n) is 6.23. The van der Waals surface area contributed by atoms with Gasteiger partial charge in [0, 0.05) is 6.54 Å². The molecular formula is C13H14Cl2N2O3. The summed E-state index contributed by atoms with van der Waals surface area (Å²) in [5.74, 6) is -1.41. The maximum Gasteiger partial charge on any atom is 0.335 e. The molecule has 3 N–H and O–H groups in total. The molecule has 7 heteroatoms. The summed E-state index contributed by atoms with van der Waals surface area (Å²) in [6, 6.07) is 2.54. The molecule has 0 spiro atoms. The fraction of sp³-hybridized carbons (Fsp3) is 0.385. The van der Waals surface area contributed by atoms with Gasteiger partial charge < -0.3 is 15.7 Å². The van der Waals surface area contributed by atoms with Crippen LogP contribution in [0.3, 0.4) is 0 Å². The Bertz CT molecular complexity index is 519. The Kier molecular flexibility index (Phi) is 4.86. The SMILES string of the molecule is O=C(O)c1cc(Cl)c(NC(=O)C2CCCNC2)c(Cl)c1. The number of rotatable bonds is 3. The van der Waals surface area contributed by atoms with Crippen LogP contribution < -0.4 is 10.6 Å². The Morgan fingerprint density at radius 1 is 1.30 bits per heavy atom. The van der Waals surface area contributed by atoms with E-state index >= 15 is 0 Å². The van der Waals surface area contributed by atoms with Crippen molar-refractivity contribution in [2.75, 3.05) is 18.4 Å². The molecular weight excluding hydrogens is 303 g/mol. The molecule has 1 saturated heterocycles. The first-order chi connectivity index (χ1) is 9.49. The molecule has 1 fully saturated rings. The van der Waals surface area contributed by atoms with E-state index in [1.807, 2.05) is 0 Å². The molecule has 2 rings (SSSR count). The van der Waals surface area contributed by atoms with Crippen LogP contribution in [-0.2, 0) is 4.79 Å². The maximum atomic E-state index is 12.1. The molecule has 1 atom stereocenters. The third kappa shape index (κ3) is 3.42. The van der Waals surface area contributed by atoms with E-state index in [4.69, 9.17) is 28.3 Å². The van der Waals surface area contributed by atoms with Gasteiger partial charge in [0.1, 0.15) is 0 Å². The van der Waals surface area contributed by atoms with Crippen molar-refractivity contribution in [2.45, 2.75) is 12.8 Å². The van der Waals surface area contributed by atoms with E-state index in [9.17, 15) is 9.59 Å². The fourth-order valence-electron chi connectivity index (χ4n) is 2.12. The highest BCUT2D eigenvalue weighted by Crippen LogP contribution is 2.32. The summed E-state index contributed by atoms with van der Waals surface area (Å²) in [6.45, 7) is 1.53. The monoisotopic (exact) mass is 316 g/mol. The number of aromatic carboxylic acids is 1. The zero-order chi connectivity index (χ0) is 14.7. The standard InChI is InChI=1S/C13H14Cl2N2O3/c14-9-4-8(13(19)20)5-10(15)11(9)17-12(18)7-2-1-3-16-6-7/h4-5,7,16H,1-3,6H2,(H,17,18)(H,19,20). The number of halogens is 2. The van der Waals surface area contributed by atoms with Gasteiger partial charge in [0.25, 0.3) is 0 Å². The van der Waals surface area contributed by atoms with Gasteiger partial charge in [-0.05, 0) is 31.5 Å². The van der Waals surface area contributed by atoms with Gasteiger partial charge in [0.15, 0.2) is 0 Å². The van der Waals surface area contributed by atoms with Crippen molar-refractivity contribution in [2.24, 2.45) is 5.92 Å². The van der Waals surface area contributed by atoms with Crippen molar-refractivity contribution in [3.05, 3.63) is 27.7 Å². The van der Waals surface area contributed by atoms with Crippen LogP contribution in [0.15, 0.2) is 12.1 Å². The second-order valence-corrected chi connectivity index (χ2v) is 5.47. The number of nitrogens with one attached hydrogen (secondary N) is 2. The molecule has 0 radical (unpaired) electrons. The molecule has 0 aliphatic carbocycles. The molecule has 0 saturated carbocycles. The van der Waals surface area contributed by atoms with Gasteiger partial charge in [-0.25, -0.2) is 4.79 Å². The van der Waals surface area contributed by atoms with Crippen molar-refractivity contribution in [3.63, 3.8) is 0 Å². The number of carboxylic acids is 1. The smallest absolute Gasteiger partial charge is 0.335 e. The number of amides is 1. The van der Waals surface area contributed by atoms with Crippen LogP contribution in [0.4, 0.5) is 5.69 Å². The summed E-state index contributed by atoms with van der Waals surface area (Å²) in [7, 11) is 0. The van der Waals surface area contributed by atoms with E-state index in [-0.39, 0.29) is 33.1 Å². The minimum atomic E-state index is -1.12. The predicted molar refractivity (Wildman–Crippen MR) is 77.6 cm³/mol. The van der Waals surface area contributed by atoms with Crippen LogP contribution >= 0.6 is 23.2 Å². The normalized spacial score (nSPS) is 18.6. The summed E-state index contributed by atoms with van der Waals surface area (Å²) in [6.07, 6.45) is 1.75. The topological polar surface area (TPSA) is 78.4 Å². The zero-order valence-electron chi connectivity index (χ0n) is 10.6. The maximum absolute atomic E-state index is 12.1. The average Bonchev–Trinajstić information content (AvgIpc) is 2.43. The lowest BCUT2D eigenvalue weighted by atomic mass is 9.99. The second kappa shape index (κ2) is 6.43. The molecule has 20 heavy (non-hydrogen) atoms. The van der Waals surface area contributed by atoms with Crippen molar-refractivity contribution < 1.29 is 14.7 Å². The molecule has 1 heterocycles. The highest BCUT2D eigenvalue weighted by Gasteiger charge is 2.23. The third-order valence-corrected chi connectivity index (χ3v) is 3.80. The van der Waals surface area contributed by atoms with E-state index in [0.717, 1.165) is 19.4 Å². The predicted octanol–water partition coefficient (Wildman–Crippen LogP) is 2.63. The number of piperidine rings is 1. The number of carbonyl (C=O) groups is 2. The van der Waals surface area contributed by atoms with E-state index in [0.29, 0.717) is 6.54 Å². The Morgan fingerprint density at radius 2 is 1.95 bits per heavy atom. The number of hydrogen-bond acceptors (Lipinski definition) is 3. The molecule has 1 amide bonds. The Hall–Kier alpha value is -1.30. The van der Waals surface area contributed by atoms with Gasteiger partial charge in [-0.3, -0.25) is 4.79 Å². The number of hydrogen-bond donors (Lipinski definition) is 3. The lowest BCUT2D eigenvalue weighted by molar-refractivity contribution is -0.120. The molecule has 0 aromatic heterocycles. The Balaban J connectivity index is 2.16.